The molecule has 0 atom stereocenters. The molecule has 0 saturated carbocycles. The molecule has 1 aliphatic heterocycles. The van der Waals surface area contributed by atoms with Gasteiger partial charge in [0.25, 0.3) is 11.9 Å². The second-order valence-electron chi connectivity index (χ2n) is 8.76. The normalized spacial score (nSPS) is 15.8. The van der Waals surface area contributed by atoms with Crippen LogP contribution in [0.25, 0.3) is 17.2 Å². The van der Waals surface area contributed by atoms with E-state index in [1.165, 1.54) is 5.56 Å². The minimum atomic E-state index is 0.0305. The van der Waals surface area contributed by atoms with Crippen molar-refractivity contribution in [3.8, 4) is 23.0 Å². The predicted molar refractivity (Wildman–Crippen MR) is 126 cm³/mol. The highest BCUT2D eigenvalue weighted by Gasteiger charge is 2.26. The molecule has 1 saturated heterocycles. The van der Waals surface area contributed by atoms with Crippen LogP contribution in [0, 0.1) is 6.92 Å². The van der Waals surface area contributed by atoms with Crippen molar-refractivity contribution in [2.45, 2.75) is 33.1 Å². The molecule has 1 amide bonds. The molecule has 1 fully saturated rings. The van der Waals surface area contributed by atoms with Crippen molar-refractivity contribution in [2.24, 2.45) is 0 Å². The van der Waals surface area contributed by atoms with Crippen LogP contribution in [0.3, 0.4) is 0 Å². The van der Waals surface area contributed by atoms with Gasteiger partial charge in [0.1, 0.15) is 5.75 Å². The van der Waals surface area contributed by atoms with Gasteiger partial charge in [-0.1, -0.05) is 13.0 Å². The third kappa shape index (κ3) is 3.99. The van der Waals surface area contributed by atoms with E-state index in [0.717, 1.165) is 80.3 Å². The molecule has 0 spiro atoms. The molecule has 2 aliphatic rings. The van der Waals surface area contributed by atoms with Crippen molar-refractivity contribution >= 4 is 5.91 Å². The quantitative estimate of drug-likeness (QED) is 0.600. The van der Waals surface area contributed by atoms with E-state index >= 15 is 0 Å². The summed E-state index contributed by atoms with van der Waals surface area (Å²) in [6.45, 7) is 8.52. The van der Waals surface area contributed by atoms with E-state index in [2.05, 4.69) is 28.0 Å². The lowest BCUT2D eigenvalue weighted by molar-refractivity contribution is 0.0636. The van der Waals surface area contributed by atoms with Crippen LogP contribution in [0.15, 0.2) is 30.6 Å². The molecule has 2 aromatic heterocycles. The predicted octanol–water partition coefficient (Wildman–Crippen LogP) is 2.91. The molecular weight excluding hydrogens is 416 g/mol. The van der Waals surface area contributed by atoms with E-state index in [4.69, 9.17) is 9.72 Å². The summed E-state index contributed by atoms with van der Waals surface area (Å²) in [7, 11) is 1.67. The van der Waals surface area contributed by atoms with Gasteiger partial charge in [0.05, 0.1) is 30.3 Å². The standard InChI is InChI=1S/C25H30N6O2/c1-4-9-29-10-12-30(13-11-29)24(32)22-16-27-31(17(22)2)25-26-15-19-6-5-18-7-8-20(33-3)14-21(18)23(19)28-25/h7-8,14-16H,4-6,9-13H2,1-3H3. The summed E-state index contributed by atoms with van der Waals surface area (Å²) in [5, 5.41) is 4.49. The number of carbonyl (C=O) groups excluding carboxylic acids is 1. The lowest BCUT2D eigenvalue weighted by Crippen LogP contribution is -2.48. The number of piperazine rings is 1. The number of amides is 1. The second kappa shape index (κ2) is 8.94. The molecule has 172 valence electrons. The summed E-state index contributed by atoms with van der Waals surface area (Å²) in [5.41, 5.74) is 5.73. The van der Waals surface area contributed by atoms with Crippen LogP contribution in [0.2, 0.25) is 0 Å². The Morgan fingerprint density at radius 1 is 1.09 bits per heavy atom. The number of ether oxygens (including phenoxy) is 1. The van der Waals surface area contributed by atoms with E-state index in [1.54, 1.807) is 18.0 Å². The number of aryl methyl sites for hydroxylation is 2. The number of hydrogen-bond acceptors (Lipinski definition) is 6. The highest BCUT2D eigenvalue weighted by atomic mass is 16.5. The molecule has 8 heteroatoms. The zero-order chi connectivity index (χ0) is 22.9. The van der Waals surface area contributed by atoms with Crippen molar-refractivity contribution in [2.75, 3.05) is 39.8 Å². The zero-order valence-corrected chi connectivity index (χ0v) is 19.5. The van der Waals surface area contributed by atoms with Gasteiger partial charge in [0.15, 0.2) is 0 Å². The highest BCUT2D eigenvalue weighted by Crippen LogP contribution is 2.34. The fourth-order valence-electron chi connectivity index (χ4n) is 4.79. The lowest BCUT2D eigenvalue weighted by atomic mass is 9.90. The van der Waals surface area contributed by atoms with Gasteiger partial charge in [-0.2, -0.15) is 5.10 Å². The smallest absolute Gasteiger partial charge is 0.257 e. The summed E-state index contributed by atoms with van der Waals surface area (Å²) in [5.74, 6) is 1.32. The number of rotatable bonds is 5. The van der Waals surface area contributed by atoms with E-state index in [9.17, 15) is 4.79 Å². The maximum Gasteiger partial charge on any atom is 0.257 e. The van der Waals surface area contributed by atoms with Gasteiger partial charge < -0.3 is 9.64 Å². The molecule has 33 heavy (non-hydrogen) atoms. The van der Waals surface area contributed by atoms with Gasteiger partial charge in [-0.3, -0.25) is 9.69 Å². The molecule has 0 bridgehead atoms. The Morgan fingerprint density at radius 2 is 1.88 bits per heavy atom. The SMILES string of the molecule is CCCN1CCN(C(=O)c2cnn(-c3ncc4c(n3)-c3cc(OC)ccc3CC4)c2C)CC1. The monoisotopic (exact) mass is 446 g/mol. The van der Waals surface area contributed by atoms with Crippen molar-refractivity contribution in [1.29, 1.82) is 0 Å². The Labute approximate surface area is 194 Å². The van der Waals surface area contributed by atoms with Crippen LogP contribution in [-0.2, 0) is 12.8 Å². The Bertz CT molecular complexity index is 1180. The summed E-state index contributed by atoms with van der Waals surface area (Å²) in [4.78, 5) is 27.0. The maximum absolute atomic E-state index is 13.2. The third-order valence-electron chi connectivity index (χ3n) is 6.72. The molecular formula is C25H30N6O2. The average Bonchev–Trinajstić information content (AvgIpc) is 3.24. The highest BCUT2D eigenvalue weighted by molar-refractivity contribution is 5.95. The summed E-state index contributed by atoms with van der Waals surface area (Å²) < 4.78 is 7.11. The van der Waals surface area contributed by atoms with Gasteiger partial charge in [0, 0.05) is 37.9 Å². The van der Waals surface area contributed by atoms with E-state index in [1.807, 2.05) is 30.2 Å². The third-order valence-corrected chi connectivity index (χ3v) is 6.72. The van der Waals surface area contributed by atoms with Crippen LogP contribution in [0.1, 0.15) is 40.5 Å². The molecule has 1 aliphatic carbocycles. The summed E-state index contributed by atoms with van der Waals surface area (Å²) in [6, 6.07) is 6.13. The fraction of sp³-hybridized carbons (Fsp3) is 0.440. The molecule has 0 N–H and O–H groups in total. The molecule has 3 aromatic rings. The first-order valence-electron chi connectivity index (χ1n) is 11.7. The van der Waals surface area contributed by atoms with Crippen molar-refractivity contribution in [3.05, 3.63) is 53.0 Å². The minimum absolute atomic E-state index is 0.0305. The van der Waals surface area contributed by atoms with Crippen LogP contribution in [0.5, 0.6) is 5.75 Å². The van der Waals surface area contributed by atoms with Crippen LogP contribution >= 0.6 is 0 Å². The first kappa shape index (κ1) is 21.6. The number of hydrogen-bond donors (Lipinski definition) is 0. The Kier molecular flexibility index (Phi) is 5.85. The molecule has 1 aromatic carbocycles. The topological polar surface area (TPSA) is 76.4 Å². The number of nitrogens with zero attached hydrogens (tertiary/aromatic N) is 6. The van der Waals surface area contributed by atoms with Gasteiger partial charge in [-0.15, -0.1) is 0 Å². The van der Waals surface area contributed by atoms with E-state index < -0.39 is 0 Å². The number of fused-ring (bicyclic) bond motifs is 3. The number of benzene rings is 1. The number of aromatic nitrogens is 4. The molecule has 3 heterocycles. The van der Waals surface area contributed by atoms with Gasteiger partial charge in [-0.25, -0.2) is 14.6 Å². The summed E-state index contributed by atoms with van der Waals surface area (Å²) >= 11 is 0. The minimum Gasteiger partial charge on any atom is -0.497 e. The Hall–Kier alpha value is -3.26. The molecule has 0 radical (unpaired) electrons. The second-order valence-corrected chi connectivity index (χ2v) is 8.76. The van der Waals surface area contributed by atoms with Gasteiger partial charge >= 0.3 is 0 Å². The molecule has 0 unspecified atom stereocenters. The van der Waals surface area contributed by atoms with Gasteiger partial charge in [-0.05, 0) is 56.0 Å². The van der Waals surface area contributed by atoms with E-state index in [0.29, 0.717) is 11.5 Å². The Balaban J connectivity index is 1.42. The first-order chi connectivity index (χ1) is 16.1. The lowest BCUT2D eigenvalue weighted by Gasteiger charge is -2.34. The van der Waals surface area contributed by atoms with Crippen molar-refractivity contribution in [3.63, 3.8) is 0 Å². The van der Waals surface area contributed by atoms with E-state index in [-0.39, 0.29) is 5.91 Å². The van der Waals surface area contributed by atoms with Crippen LogP contribution in [-0.4, -0.2) is 75.3 Å². The summed E-state index contributed by atoms with van der Waals surface area (Å²) in [6.07, 6.45) is 6.53. The number of carbonyl (C=O) groups is 1. The molecule has 5 rings (SSSR count). The first-order valence-corrected chi connectivity index (χ1v) is 11.7. The van der Waals surface area contributed by atoms with Crippen LogP contribution < -0.4 is 4.74 Å². The van der Waals surface area contributed by atoms with Gasteiger partial charge in [0.2, 0.25) is 0 Å². The van der Waals surface area contributed by atoms with Crippen molar-refractivity contribution < 1.29 is 9.53 Å². The van der Waals surface area contributed by atoms with Crippen molar-refractivity contribution in [1.82, 2.24) is 29.5 Å². The average molecular weight is 447 g/mol. The Morgan fingerprint density at radius 3 is 2.64 bits per heavy atom. The molecule has 8 nitrogen and oxygen atoms in total. The zero-order valence-electron chi connectivity index (χ0n) is 19.5. The maximum atomic E-state index is 13.2. The fourth-order valence-corrected chi connectivity index (χ4v) is 4.79. The largest absolute Gasteiger partial charge is 0.497 e. The van der Waals surface area contributed by atoms with Crippen LogP contribution in [0.4, 0.5) is 0 Å². The number of methoxy groups -OCH3 is 1.